The minimum absolute atomic E-state index is 0.795. The van der Waals surface area contributed by atoms with Crippen molar-refractivity contribution in [1.29, 1.82) is 0 Å². The topological polar surface area (TPSA) is 33.7 Å². The smallest absolute Gasteiger partial charge is 0.119 e. The number of ether oxygens (including phenoxy) is 2. The van der Waals surface area contributed by atoms with E-state index in [1.165, 1.54) is 11.1 Å². The molecule has 48 radical (unpaired) electrons. The van der Waals surface area contributed by atoms with Gasteiger partial charge < -0.3 is 14.8 Å². The molecular weight excluding hydrogens is 738 g/mol. The van der Waals surface area contributed by atoms with E-state index < -0.39 is 140 Å². The molecule has 2 aliphatic rings. The summed E-state index contributed by atoms with van der Waals surface area (Å²) in [4.78, 5) is 2.44. The fourth-order valence-electron chi connectivity index (χ4n) is 10.4. The van der Waals surface area contributed by atoms with Gasteiger partial charge in [-0.1, -0.05) is 6.07 Å². The van der Waals surface area contributed by atoms with Crippen molar-refractivity contribution in [1.82, 2.24) is 10.2 Å². The highest BCUT2D eigenvalue weighted by Crippen LogP contribution is 2.23. The number of hydrogen-bond donors (Lipinski definition) is 1. The van der Waals surface area contributed by atoms with E-state index in [1.54, 1.807) is 0 Å². The number of fused-ring (bicyclic) bond motifs is 1. The maximum absolute atomic E-state index is 6.36. The van der Waals surface area contributed by atoms with Gasteiger partial charge in [0.05, 0.1) is 19.8 Å². The second-order valence-corrected chi connectivity index (χ2v) is 17.9. The number of hydrogen-bond acceptors (Lipinski definition) is 4. The van der Waals surface area contributed by atoms with Crippen LogP contribution in [0.4, 0.5) is 0 Å². The van der Waals surface area contributed by atoms with Crippen LogP contribution >= 0.6 is 0 Å². The maximum atomic E-state index is 6.36. The first-order chi connectivity index (χ1) is 30.3. The summed E-state index contributed by atoms with van der Waals surface area (Å²) in [5.41, 5.74) is 2.78. The number of nitrogens with zero attached hydrogens (tertiary/aromatic N) is 1. The fraction of sp³-hybridized carbons (Fsp3) is 0.600. The van der Waals surface area contributed by atoms with Crippen LogP contribution in [0.1, 0.15) is 17.5 Å². The van der Waals surface area contributed by atoms with E-state index in [4.69, 9.17) is 195 Å². The van der Waals surface area contributed by atoms with Crippen LogP contribution in [-0.4, -0.2) is 371 Å². The Kier molecular flexibility index (Phi) is 29.9. The predicted octanol–water partition coefficient (Wildman–Crippen LogP) is -16.1. The molecule has 0 unspecified atom stereocenters. The molecule has 50 heteroatoms. The quantitative estimate of drug-likeness (QED) is 0.0753. The summed E-state index contributed by atoms with van der Waals surface area (Å²) in [7, 11) is 153. The Hall–Kier alpha value is 1.89. The van der Waals surface area contributed by atoms with Gasteiger partial charge in [-0.15, -0.1) is 0 Å². The van der Waals surface area contributed by atoms with E-state index >= 15 is 0 Å². The van der Waals surface area contributed by atoms with Crippen molar-refractivity contribution in [2.75, 3.05) is 39.5 Å². The molecular formula is C15H22B46N2O2. The molecule has 1 N–H and O–H groups in total. The second-order valence-electron chi connectivity index (χ2n) is 17.9. The first kappa shape index (κ1) is 63.0. The van der Waals surface area contributed by atoms with Crippen molar-refractivity contribution in [2.45, 2.75) is 19.5 Å². The van der Waals surface area contributed by atoms with E-state index in [1.807, 2.05) is 0 Å². The van der Waals surface area contributed by atoms with Gasteiger partial charge in [0.2, 0.25) is 0 Å². The van der Waals surface area contributed by atoms with Gasteiger partial charge in [0.1, 0.15) is 5.75 Å². The summed E-state index contributed by atoms with van der Waals surface area (Å²) in [6.45, 7) is 7.73. The van der Waals surface area contributed by atoms with Gasteiger partial charge in [0.25, 0.3) is 0 Å². The van der Waals surface area contributed by atoms with Crippen LogP contribution in [0.25, 0.3) is 0 Å². The lowest BCUT2D eigenvalue weighted by atomic mass is 8.25. The van der Waals surface area contributed by atoms with E-state index in [0.717, 1.165) is 64.7 Å². The zero-order valence-corrected chi connectivity index (χ0v) is 37.9. The van der Waals surface area contributed by atoms with Crippen molar-refractivity contribution in [3.63, 3.8) is 0 Å². The highest BCUT2D eigenvalue weighted by atomic mass is 16.5. The first-order valence-electron chi connectivity index (χ1n) is 22.2. The molecule has 0 amide bonds. The summed E-state index contributed by atoms with van der Waals surface area (Å²) in [5.74, 6) is 1.00. The van der Waals surface area contributed by atoms with Gasteiger partial charge in [-0.25, -0.2) is 0 Å². The number of benzene rings is 1. The zero-order valence-electron chi connectivity index (χ0n) is 37.9. The molecule has 1 aromatic carbocycles. The van der Waals surface area contributed by atoms with Crippen LogP contribution in [-0.2, 0) is 17.8 Å². The summed E-state index contributed by atoms with van der Waals surface area (Å²) in [6, 6.07) is 6.43. The molecule has 1 fully saturated rings. The van der Waals surface area contributed by atoms with Crippen LogP contribution in [0, 0.1) is 0 Å². The second kappa shape index (κ2) is 30.8. The summed E-state index contributed by atoms with van der Waals surface area (Å²) < 4.78 is 11.2. The third kappa shape index (κ3) is 18.7. The highest BCUT2D eigenvalue weighted by Gasteiger charge is 2.59. The average Bonchev–Trinajstić information content (AvgIpc) is 3.64. The summed E-state index contributed by atoms with van der Waals surface area (Å²) >= 11 is 0. The number of rotatable bonds is 26. The Morgan fingerprint density at radius 3 is 1.02 bits per heavy atom. The minimum Gasteiger partial charge on any atom is -0.494 e. The van der Waals surface area contributed by atoms with Gasteiger partial charge in [-0.05, 0) is 29.7 Å². The van der Waals surface area contributed by atoms with Crippen LogP contribution in [0.3, 0.4) is 0 Å². The lowest BCUT2D eigenvalue weighted by Crippen LogP contribution is -2.94. The molecule has 242 valence electrons. The van der Waals surface area contributed by atoms with Gasteiger partial charge >= 0.3 is 0 Å². The number of nitrogens with one attached hydrogen (secondary N) is 1. The van der Waals surface area contributed by atoms with Gasteiger partial charge in [0.15, 0.2) is 0 Å². The standard InChI is InChI=1S/C15H22N2O2.B46/c1(4-17-5-8-18-9-6-17)7-19-15-3-2-13-11-16-12-14(13)10-15;1-25(2)37(26(3)4)43(38(27(5)6)28(7)8)46(44(39(29(9)10)30(11)12)40(31(13)14)32(15)16)45(41(33(17)18)34(19)20)42(35(21)22)36(23)24/h2-3,10,16H,1,4-9,11-12H2;. The van der Waals surface area contributed by atoms with Gasteiger partial charge in [0, 0.05) is 359 Å². The van der Waals surface area contributed by atoms with E-state index in [2.05, 4.69) is 28.4 Å². The Morgan fingerprint density at radius 1 is 0.415 bits per heavy atom. The Labute approximate surface area is 436 Å². The molecule has 3 rings (SSSR count). The third-order valence-corrected chi connectivity index (χ3v) is 13.1. The van der Waals surface area contributed by atoms with E-state index in [-0.39, 0.29) is 0 Å². The molecule has 2 aliphatic heterocycles. The van der Waals surface area contributed by atoms with Crippen LogP contribution in [0.5, 0.6) is 5.75 Å². The molecule has 1 saturated heterocycles. The minimum atomic E-state index is -1.30. The largest absolute Gasteiger partial charge is 0.494 e. The van der Waals surface area contributed by atoms with Crippen molar-refractivity contribution >= 4 is 326 Å². The zero-order chi connectivity index (χ0) is 49.6. The highest BCUT2D eigenvalue weighted by molar-refractivity contribution is 8.34. The fourth-order valence-corrected chi connectivity index (χ4v) is 10.4. The normalized spacial score (nSPS) is 12.5. The molecule has 1 aromatic rings. The molecule has 0 atom stereocenters. The monoisotopic (exact) mass is 769 g/mol. The van der Waals surface area contributed by atoms with Crippen molar-refractivity contribution in [2.24, 2.45) is 0 Å². The third-order valence-electron chi connectivity index (χ3n) is 13.1. The molecule has 0 aromatic heterocycles. The Balaban J connectivity index is 0.000000621. The van der Waals surface area contributed by atoms with Crippen molar-refractivity contribution in [3.8, 4) is 5.75 Å². The van der Waals surface area contributed by atoms with Crippen LogP contribution in [0.15, 0.2) is 18.2 Å². The Morgan fingerprint density at radius 2 is 0.708 bits per heavy atom. The maximum Gasteiger partial charge on any atom is 0.119 e. The molecule has 0 aliphatic carbocycles. The Bertz CT molecular complexity index is 1240. The molecule has 2 heterocycles. The summed E-state index contributed by atoms with van der Waals surface area (Å²) in [6.07, 6.45) is -26.2. The van der Waals surface area contributed by atoms with E-state index in [0.29, 0.717) is 0 Å². The summed E-state index contributed by atoms with van der Waals surface area (Å²) in [5, 5.41) is 3.35. The molecule has 0 spiro atoms. The average molecular weight is 760 g/mol. The van der Waals surface area contributed by atoms with Gasteiger partial charge in [-0.3, -0.25) is 4.90 Å². The van der Waals surface area contributed by atoms with E-state index in [9.17, 15) is 0 Å². The lowest BCUT2D eigenvalue weighted by molar-refractivity contribution is 0.0358. The first-order valence-corrected chi connectivity index (χ1v) is 22.2. The number of morpholine rings is 1. The van der Waals surface area contributed by atoms with Crippen molar-refractivity contribution < 1.29 is 9.47 Å². The van der Waals surface area contributed by atoms with Crippen LogP contribution < -0.4 is 10.1 Å². The molecule has 4 nitrogen and oxygen atoms in total. The molecule has 65 heavy (non-hydrogen) atoms. The lowest BCUT2D eigenvalue weighted by Gasteiger charge is -2.56. The molecule has 0 saturated carbocycles. The van der Waals surface area contributed by atoms with Gasteiger partial charge in [-0.2, -0.15) is 0 Å². The SMILES string of the molecule is [B]B([B])B(B([B])[B])B(B(B([B])[B])B([B])[B])B(B(B(B([B])[B])B([B])[B])B(B([B])[B])B([B])[B])B(B(B([B])[B])B([B])[B])B(B([B])[B])B([B])[B].c1cc2c(cc1OCCCN1CCOCC1)CNC2. The van der Waals surface area contributed by atoms with Crippen molar-refractivity contribution in [3.05, 3.63) is 29.3 Å². The predicted molar refractivity (Wildman–Crippen MR) is 339 cm³/mol. The van der Waals surface area contributed by atoms with Crippen LogP contribution in [0.2, 0.25) is 0 Å². The molecule has 0 bridgehead atoms.